The van der Waals surface area contributed by atoms with Gasteiger partial charge in [0.1, 0.15) is 0 Å². The maximum atomic E-state index is 6.01. The molecule has 0 aliphatic carbocycles. The van der Waals surface area contributed by atoms with Crippen LogP contribution in [0.2, 0.25) is 0 Å². The maximum absolute atomic E-state index is 6.01. The average molecular weight is 243 g/mol. The van der Waals surface area contributed by atoms with E-state index in [1.54, 1.807) is 0 Å². The Morgan fingerprint density at radius 1 is 1.29 bits per heavy atom. The molecule has 0 aromatic heterocycles. The van der Waals surface area contributed by atoms with E-state index in [2.05, 4.69) is 26.1 Å². The highest BCUT2D eigenvalue weighted by molar-refractivity contribution is 4.91. The van der Waals surface area contributed by atoms with E-state index in [0.717, 1.165) is 45.6 Å². The lowest BCUT2D eigenvalue weighted by molar-refractivity contribution is -0.103. The highest BCUT2D eigenvalue weighted by Crippen LogP contribution is 2.28. The first-order valence-corrected chi connectivity index (χ1v) is 7.18. The Balaban J connectivity index is 2.46. The summed E-state index contributed by atoms with van der Waals surface area (Å²) in [6.07, 6.45) is 5.85. The van der Waals surface area contributed by atoms with Crippen molar-refractivity contribution in [1.29, 1.82) is 0 Å². The van der Waals surface area contributed by atoms with Gasteiger partial charge in [-0.05, 0) is 45.6 Å². The first-order chi connectivity index (χ1) is 8.23. The van der Waals surface area contributed by atoms with Crippen LogP contribution in [-0.2, 0) is 9.47 Å². The van der Waals surface area contributed by atoms with E-state index in [0.29, 0.717) is 6.04 Å². The Kier molecular flexibility index (Phi) is 7.09. The Morgan fingerprint density at radius 3 is 2.71 bits per heavy atom. The van der Waals surface area contributed by atoms with Gasteiger partial charge in [-0.2, -0.15) is 0 Å². The molecule has 0 amide bonds. The van der Waals surface area contributed by atoms with E-state index in [4.69, 9.17) is 9.47 Å². The number of hydrogen-bond acceptors (Lipinski definition) is 3. The third-order valence-electron chi connectivity index (χ3n) is 3.51. The summed E-state index contributed by atoms with van der Waals surface area (Å²) in [5.41, 5.74) is -0.0405. The third kappa shape index (κ3) is 4.94. The molecule has 0 radical (unpaired) electrons. The Hall–Kier alpha value is -0.120. The van der Waals surface area contributed by atoms with Crippen LogP contribution in [0.4, 0.5) is 0 Å². The lowest BCUT2D eigenvalue weighted by Gasteiger charge is -2.41. The van der Waals surface area contributed by atoms with Crippen LogP contribution in [0.3, 0.4) is 0 Å². The van der Waals surface area contributed by atoms with Crippen LogP contribution in [0, 0.1) is 0 Å². The molecule has 1 N–H and O–H groups in total. The van der Waals surface area contributed by atoms with Crippen molar-refractivity contribution in [2.75, 3.05) is 26.4 Å². The van der Waals surface area contributed by atoms with Crippen LogP contribution < -0.4 is 5.32 Å². The minimum absolute atomic E-state index is 0.0405. The van der Waals surface area contributed by atoms with Crippen LogP contribution in [0.15, 0.2) is 0 Å². The molecule has 0 saturated carbocycles. The zero-order valence-corrected chi connectivity index (χ0v) is 11.8. The molecule has 3 heteroatoms. The largest absolute Gasteiger partial charge is 0.380 e. The molecule has 1 rings (SSSR count). The van der Waals surface area contributed by atoms with Gasteiger partial charge in [-0.15, -0.1) is 0 Å². The fraction of sp³-hybridized carbons (Fsp3) is 1.00. The Labute approximate surface area is 106 Å². The zero-order chi connectivity index (χ0) is 12.6. The number of ether oxygens (including phenoxy) is 2. The molecule has 3 nitrogen and oxygen atoms in total. The molecule has 2 unspecified atom stereocenters. The van der Waals surface area contributed by atoms with Crippen molar-refractivity contribution in [3.8, 4) is 0 Å². The molecule has 1 aliphatic rings. The molecule has 1 aliphatic heterocycles. The van der Waals surface area contributed by atoms with Crippen molar-refractivity contribution in [2.24, 2.45) is 0 Å². The van der Waals surface area contributed by atoms with Gasteiger partial charge in [-0.25, -0.2) is 0 Å². The Bertz CT molecular complexity index is 191. The normalized spacial score (nSPS) is 27.0. The first-order valence-electron chi connectivity index (χ1n) is 7.18. The second-order valence-corrected chi connectivity index (χ2v) is 5.20. The second kappa shape index (κ2) is 8.06. The molecule has 0 bridgehead atoms. The van der Waals surface area contributed by atoms with E-state index < -0.39 is 0 Å². The van der Waals surface area contributed by atoms with Gasteiger partial charge < -0.3 is 14.8 Å². The monoisotopic (exact) mass is 243 g/mol. The third-order valence-corrected chi connectivity index (χ3v) is 3.51. The highest BCUT2D eigenvalue weighted by atomic mass is 16.5. The molecule has 0 aromatic carbocycles. The van der Waals surface area contributed by atoms with Gasteiger partial charge in [0, 0.05) is 13.2 Å². The predicted octanol–water partition coefficient (Wildman–Crippen LogP) is 2.74. The number of hydrogen-bond donors (Lipinski definition) is 1. The second-order valence-electron chi connectivity index (χ2n) is 5.20. The quantitative estimate of drug-likeness (QED) is 0.665. The van der Waals surface area contributed by atoms with Crippen molar-refractivity contribution in [3.05, 3.63) is 0 Å². The van der Waals surface area contributed by atoms with Crippen molar-refractivity contribution < 1.29 is 9.47 Å². The van der Waals surface area contributed by atoms with E-state index in [9.17, 15) is 0 Å². The summed E-state index contributed by atoms with van der Waals surface area (Å²) >= 11 is 0. The minimum Gasteiger partial charge on any atom is -0.380 e. The summed E-state index contributed by atoms with van der Waals surface area (Å²) in [6, 6.07) is 0.328. The molecule has 17 heavy (non-hydrogen) atoms. The van der Waals surface area contributed by atoms with Crippen LogP contribution >= 0.6 is 0 Å². The van der Waals surface area contributed by atoms with Crippen LogP contribution in [-0.4, -0.2) is 38.0 Å². The van der Waals surface area contributed by atoms with Crippen LogP contribution in [0.5, 0.6) is 0 Å². The van der Waals surface area contributed by atoms with E-state index in [1.165, 1.54) is 12.8 Å². The summed E-state index contributed by atoms with van der Waals surface area (Å²) in [5.74, 6) is 0. The van der Waals surface area contributed by atoms with Crippen LogP contribution in [0.25, 0.3) is 0 Å². The summed E-state index contributed by atoms with van der Waals surface area (Å²) < 4.78 is 11.7. The Morgan fingerprint density at radius 2 is 2.12 bits per heavy atom. The molecule has 0 aromatic rings. The number of rotatable bonds is 8. The van der Waals surface area contributed by atoms with E-state index >= 15 is 0 Å². The molecule has 1 heterocycles. The average Bonchev–Trinajstić information content (AvgIpc) is 2.34. The molecule has 102 valence electrons. The lowest BCUT2D eigenvalue weighted by atomic mass is 9.88. The van der Waals surface area contributed by atoms with E-state index in [-0.39, 0.29) is 5.60 Å². The fourth-order valence-electron chi connectivity index (χ4n) is 2.35. The summed E-state index contributed by atoms with van der Waals surface area (Å²) in [7, 11) is 0. The van der Waals surface area contributed by atoms with Crippen LogP contribution in [0.1, 0.15) is 52.9 Å². The molecule has 0 spiro atoms. The van der Waals surface area contributed by atoms with E-state index in [1.807, 2.05) is 0 Å². The zero-order valence-electron chi connectivity index (χ0n) is 11.8. The van der Waals surface area contributed by atoms with Crippen molar-refractivity contribution in [1.82, 2.24) is 5.32 Å². The minimum atomic E-state index is -0.0405. The van der Waals surface area contributed by atoms with Gasteiger partial charge in [0.05, 0.1) is 18.2 Å². The van der Waals surface area contributed by atoms with Crippen molar-refractivity contribution in [2.45, 2.75) is 64.5 Å². The first kappa shape index (κ1) is 14.9. The summed E-state index contributed by atoms with van der Waals surface area (Å²) in [5, 5.41) is 3.59. The lowest BCUT2D eigenvalue weighted by Crippen LogP contribution is -2.54. The topological polar surface area (TPSA) is 30.5 Å². The fourth-order valence-corrected chi connectivity index (χ4v) is 2.35. The van der Waals surface area contributed by atoms with Gasteiger partial charge in [0.15, 0.2) is 0 Å². The van der Waals surface area contributed by atoms with Gasteiger partial charge in [-0.1, -0.05) is 13.8 Å². The predicted molar refractivity (Wildman–Crippen MR) is 71.4 cm³/mol. The SMILES string of the molecule is CCCNC(COCCC)C1(C)CCCCO1. The van der Waals surface area contributed by atoms with Crippen molar-refractivity contribution in [3.63, 3.8) is 0 Å². The molecule has 1 saturated heterocycles. The standard InChI is InChI=1S/C14H29NO2/c1-4-9-15-13(12-16-10-5-2)14(3)8-6-7-11-17-14/h13,15H,4-12H2,1-3H3. The van der Waals surface area contributed by atoms with Gasteiger partial charge in [-0.3, -0.25) is 0 Å². The molecule has 2 atom stereocenters. The smallest absolute Gasteiger partial charge is 0.0829 e. The summed E-state index contributed by atoms with van der Waals surface area (Å²) in [6.45, 7) is 10.1. The molecular weight excluding hydrogens is 214 g/mol. The molecular formula is C14H29NO2. The van der Waals surface area contributed by atoms with Gasteiger partial charge in [0.25, 0.3) is 0 Å². The maximum Gasteiger partial charge on any atom is 0.0829 e. The molecule has 1 fully saturated rings. The van der Waals surface area contributed by atoms with Gasteiger partial charge in [0.2, 0.25) is 0 Å². The van der Waals surface area contributed by atoms with Crippen molar-refractivity contribution >= 4 is 0 Å². The van der Waals surface area contributed by atoms with Gasteiger partial charge >= 0.3 is 0 Å². The number of nitrogens with one attached hydrogen (secondary N) is 1. The highest BCUT2D eigenvalue weighted by Gasteiger charge is 2.36. The summed E-state index contributed by atoms with van der Waals surface area (Å²) in [4.78, 5) is 0.